The molecule has 0 aliphatic carbocycles. The zero-order valence-electron chi connectivity index (χ0n) is 9.24. The van der Waals surface area contributed by atoms with E-state index in [9.17, 15) is 9.90 Å². The first-order valence-electron chi connectivity index (χ1n) is 4.95. The number of ether oxygens (including phenoxy) is 1. The highest BCUT2D eigenvalue weighted by Crippen LogP contribution is 2.27. The number of halogens is 2. The Morgan fingerprint density at radius 2 is 1.94 bits per heavy atom. The first-order chi connectivity index (χ1) is 7.95. The molecule has 1 rings (SSSR count). The lowest BCUT2D eigenvalue weighted by molar-refractivity contribution is -0.139. The fraction of sp³-hybridized carbons (Fsp3) is 0.250. The minimum absolute atomic E-state index is 0.0508. The Kier molecular flexibility index (Phi) is 5.00. The molecular formula is C12H12Cl2O3. The van der Waals surface area contributed by atoms with Crippen molar-refractivity contribution < 1.29 is 14.6 Å². The van der Waals surface area contributed by atoms with Gasteiger partial charge in [0.2, 0.25) is 0 Å². The number of carbonyl (C=O) groups is 1. The third-order valence-electron chi connectivity index (χ3n) is 2.07. The van der Waals surface area contributed by atoms with Gasteiger partial charge in [0.25, 0.3) is 0 Å². The number of benzene rings is 1. The summed E-state index contributed by atoms with van der Waals surface area (Å²) in [5.74, 6) is -0.643. The monoisotopic (exact) mass is 274 g/mol. The number of rotatable bonds is 4. The average molecular weight is 275 g/mol. The van der Waals surface area contributed by atoms with E-state index in [1.807, 2.05) is 0 Å². The maximum atomic E-state index is 11.4. The van der Waals surface area contributed by atoms with Crippen molar-refractivity contribution >= 4 is 29.2 Å². The molecule has 0 saturated carbocycles. The molecule has 5 heteroatoms. The lowest BCUT2D eigenvalue weighted by Gasteiger charge is -2.13. The topological polar surface area (TPSA) is 46.5 Å². The fourth-order valence-corrected chi connectivity index (χ4v) is 1.81. The van der Waals surface area contributed by atoms with Gasteiger partial charge in [-0.1, -0.05) is 29.8 Å². The van der Waals surface area contributed by atoms with Gasteiger partial charge in [0.05, 0.1) is 12.2 Å². The SMILES string of the molecule is C=C(C(=O)OCC)C(O)c1cc(Cl)cc(Cl)c1. The Morgan fingerprint density at radius 3 is 2.41 bits per heavy atom. The van der Waals surface area contributed by atoms with Crippen LogP contribution in [0, 0.1) is 0 Å². The minimum Gasteiger partial charge on any atom is -0.463 e. The van der Waals surface area contributed by atoms with E-state index >= 15 is 0 Å². The molecule has 3 nitrogen and oxygen atoms in total. The van der Waals surface area contributed by atoms with E-state index in [1.165, 1.54) is 18.2 Å². The van der Waals surface area contributed by atoms with E-state index in [-0.39, 0.29) is 12.2 Å². The molecule has 92 valence electrons. The van der Waals surface area contributed by atoms with Gasteiger partial charge in [0, 0.05) is 10.0 Å². The summed E-state index contributed by atoms with van der Waals surface area (Å²) in [7, 11) is 0. The van der Waals surface area contributed by atoms with E-state index in [4.69, 9.17) is 27.9 Å². The highest BCUT2D eigenvalue weighted by Gasteiger charge is 2.20. The van der Waals surface area contributed by atoms with Crippen LogP contribution in [-0.2, 0) is 9.53 Å². The molecule has 0 aromatic heterocycles. The Labute approximate surface area is 110 Å². The second kappa shape index (κ2) is 6.05. The van der Waals surface area contributed by atoms with Crippen LogP contribution in [0.2, 0.25) is 10.0 Å². The fourth-order valence-electron chi connectivity index (χ4n) is 1.27. The van der Waals surface area contributed by atoms with Crippen LogP contribution >= 0.6 is 23.2 Å². The third-order valence-corrected chi connectivity index (χ3v) is 2.50. The van der Waals surface area contributed by atoms with Crippen LogP contribution in [0.3, 0.4) is 0 Å². The molecule has 1 atom stereocenters. The number of hydrogen-bond donors (Lipinski definition) is 1. The molecule has 17 heavy (non-hydrogen) atoms. The predicted molar refractivity (Wildman–Crippen MR) is 67.2 cm³/mol. The van der Waals surface area contributed by atoms with Crippen molar-refractivity contribution in [2.45, 2.75) is 13.0 Å². The number of esters is 1. The molecule has 1 aromatic carbocycles. The highest BCUT2D eigenvalue weighted by molar-refractivity contribution is 6.34. The molecule has 0 spiro atoms. The molecule has 0 radical (unpaired) electrons. The molecule has 0 aliphatic rings. The molecule has 0 aliphatic heterocycles. The molecule has 0 bridgehead atoms. The Hall–Kier alpha value is -1.03. The summed E-state index contributed by atoms with van der Waals surface area (Å²) in [4.78, 5) is 11.4. The van der Waals surface area contributed by atoms with Crippen LogP contribution in [0.15, 0.2) is 30.4 Å². The van der Waals surface area contributed by atoms with Gasteiger partial charge in [-0.2, -0.15) is 0 Å². The Morgan fingerprint density at radius 1 is 1.41 bits per heavy atom. The lowest BCUT2D eigenvalue weighted by atomic mass is 10.0. The second-order valence-electron chi connectivity index (χ2n) is 3.35. The number of aliphatic hydroxyl groups excluding tert-OH is 1. The summed E-state index contributed by atoms with van der Waals surface area (Å²) in [5, 5.41) is 10.7. The maximum Gasteiger partial charge on any atom is 0.336 e. The van der Waals surface area contributed by atoms with E-state index in [2.05, 4.69) is 6.58 Å². The maximum absolute atomic E-state index is 11.4. The molecule has 0 saturated heterocycles. The van der Waals surface area contributed by atoms with Crippen molar-refractivity contribution in [3.63, 3.8) is 0 Å². The predicted octanol–water partition coefficient (Wildman–Crippen LogP) is 3.15. The largest absolute Gasteiger partial charge is 0.463 e. The molecular weight excluding hydrogens is 263 g/mol. The van der Waals surface area contributed by atoms with Crippen LogP contribution in [-0.4, -0.2) is 17.7 Å². The van der Waals surface area contributed by atoms with Gasteiger partial charge >= 0.3 is 5.97 Å². The van der Waals surface area contributed by atoms with Crippen LogP contribution in [0.5, 0.6) is 0 Å². The zero-order chi connectivity index (χ0) is 13.0. The number of hydrogen-bond acceptors (Lipinski definition) is 3. The smallest absolute Gasteiger partial charge is 0.336 e. The highest BCUT2D eigenvalue weighted by atomic mass is 35.5. The van der Waals surface area contributed by atoms with E-state index in [0.717, 1.165) is 0 Å². The summed E-state index contributed by atoms with van der Waals surface area (Å²) in [5.41, 5.74) is 0.353. The molecule has 1 unspecified atom stereocenters. The van der Waals surface area contributed by atoms with E-state index in [0.29, 0.717) is 15.6 Å². The molecule has 0 heterocycles. The van der Waals surface area contributed by atoms with Crippen LogP contribution < -0.4 is 0 Å². The third kappa shape index (κ3) is 3.73. The van der Waals surface area contributed by atoms with Crippen molar-refractivity contribution in [1.29, 1.82) is 0 Å². The second-order valence-corrected chi connectivity index (χ2v) is 4.22. The van der Waals surface area contributed by atoms with Gasteiger partial charge in [-0.15, -0.1) is 0 Å². The normalized spacial score (nSPS) is 12.0. The van der Waals surface area contributed by atoms with E-state index in [1.54, 1.807) is 6.92 Å². The Bertz CT molecular complexity index is 423. The summed E-state index contributed by atoms with van der Waals surface area (Å²) in [6, 6.07) is 4.57. The number of carbonyl (C=O) groups excluding carboxylic acids is 1. The van der Waals surface area contributed by atoms with Crippen LogP contribution in [0.4, 0.5) is 0 Å². The van der Waals surface area contributed by atoms with E-state index < -0.39 is 12.1 Å². The molecule has 1 N–H and O–H groups in total. The van der Waals surface area contributed by atoms with Gasteiger partial charge in [-0.3, -0.25) is 0 Å². The zero-order valence-corrected chi connectivity index (χ0v) is 10.8. The van der Waals surface area contributed by atoms with Crippen LogP contribution in [0.1, 0.15) is 18.6 Å². The van der Waals surface area contributed by atoms with Gasteiger partial charge in [-0.05, 0) is 30.7 Å². The summed E-state index contributed by atoms with van der Waals surface area (Å²) < 4.78 is 4.74. The van der Waals surface area contributed by atoms with Gasteiger partial charge in [-0.25, -0.2) is 4.79 Å². The Balaban J connectivity index is 2.92. The van der Waals surface area contributed by atoms with Crippen molar-refractivity contribution in [2.24, 2.45) is 0 Å². The van der Waals surface area contributed by atoms with Gasteiger partial charge in [0.1, 0.15) is 6.10 Å². The van der Waals surface area contributed by atoms with Crippen molar-refractivity contribution in [3.05, 3.63) is 46.0 Å². The average Bonchev–Trinajstić information content (AvgIpc) is 2.26. The standard InChI is InChI=1S/C12H12Cl2O3/c1-3-17-12(16)7(2)11(15)8-4-9(13)6-10(14)5-8/h4-6,11,15H,2-3H2,1H3. The first-order valence-corrected chi connectivity index (χ1v) is 5.71. The molecule has 1 aromatic rings. The quantitative estimate of drug-likeness (QED) is 0.678. The minimum atomic E-state index is -1.18. The van der Waals surface area contributed by atoms with Crippen LogP contribution in [0.25, 0.3) is 0 Å². The lowest BCUT2D eigenvalue weighted by Crippen LogP contribution is -2.13. The van der Waals surface area contributed by atoms with Crippen molar-refractivity contribution in [1.82, 2.24) is 0 Å². The molecule has 0 amide bonds. The summed E-state index contributed by atoms with van der Waals surface area (Å²) >= 11 is 11.6. The summed E-state index contributed by atoms with van der Waals surface area (Å²) in [6.07, 6.45) is -1.18. The van der Waals surface area contributed by atoms with Crippen molar-refractivity contribution in [2.75, 3.05) is 6.61 Å². The van der Waals surface area contributed by atoms with Gasteiger partial charge in [0.15, 0.2) is 0 Å². The van der Waals surface area contributed by atoms with Crippen molar-refractivity contribution in [3.8, 4) is 0 Å². The number of aliphatic hydroxyl groups is 1. The van der Waals surface area contributed by atoms with Gasteiger partial charge < -0.3 is 9.84 Å². The summed E-state index contributed by atoms with van der Waals surface area (Å²) in [6.45, 7) is 5.40. The molecule has 0 fully saturated rings. The first kappa shape index (κ1) is 14.0.